The summed E-state index contributed by atoms with van der Waals surface area (Å²) < 4.78 is 14.4. The number of benzene rings is 1. The predicted octanol–water partition coefficient (Wildman–Crippen LogP) is 1.62. The van der Waals surface area contributed by atoms with E-state index in [0.29, 0.717) is 12.1 Å². The first-order valence-electron chi connectivity index (χ1n) is 8.85. The number of aromatic nitrogens is 1. The number of rotatable bonds is 3. The Morgan fingerprint density at radius 2 is 1.76 bits per heavy atom. The van der Waals surface area contributed by atoms with Gasteiger partial charge in [-0.2, -0.15) is 0 Å². The lowest BCUT2D eigenvalue weighted by Gasteiger charge is -2.29. The molecule has 0 radical (unpaired) electrons. The summed E-state index contributed by atoms with van der Waals surface area (Å²) in [7, 11) is 0. The smallest absolute Gasteiger partial charge is 0.294 e. The van der Waals surface area contributed by atoms with Crippen LogP contribution in [0.2, 0.25) is 5.02 Å². The molecule has 2 aromatic rings. The van der Waals surface area contributed by atoms with Crippen molar-refractivity contribution in [2.75, 3.05) is 13.1 Å². The quantitative estimate of drug-likeness (QED) is 0.762. The molecule has 1 aromatic carbocycles. The minimum absolute atomic E-state index is 0.101. The second-order valence-corrected chi connectivity index (χ2v) is 7.14. The van der Waals surface area contributed by atoms with Crippen molar-refractivity contribution in [2.24, 2.45) is 0 Å². The van der Waals surface area contributed by atoms with Gasteiger partial charge in [-0.3, -0.25) is 28.6 Å². The molecule has 0 spiro atoms. The summed E-state index contributed by atoms with van der Waals surface area (Å²) in [6, 6.07) is 3.73. The van der Waals surface area contributed by atoms with Gasteiger partial charge in [0.25, 0.3) is 23.3 Å². The third kappa shape index (κ3) is 2.72. The van der Waals surface area contributed by atoms with E-state index < -0.39 is 40.4 Å². The van der Waals surface area contributed by atoms with Crippen molar-refractivity contribution in [1.29, 1.82) is 0 Å². The number of hydrogen-bond acceptors (Lipinski definition) is 5. The van der Waals surface area contributed by atoms with Crippen molar-refractivity contribution in [3.05, 3.63) is 61.8 Å². The molecular weight excluding hydrogens is 405 g/mol. The van der Waals surface area contributed by atoms with E-state index >= 15 is 0 Å². The second-order valence-electron chi connectivity index (χ2n) is 6.73. The molecule has 2 aliphatic heterocycles. The van der Waals surface area contributed by atoms with E-state index in [1.807, 2.05) is 0 Å². The lowest BCUT2D eigenvalue weighted by atomic mass is 10.0. The van der Waals surface area contributed by atoms with Crippen LogP contribution >= 0.6 is 11.6 Å². The Labute approximate surface area is 168 Å². The molecule has 0 atom stereocenters. The first-order chi connectivity index (χ1) is 13.8. The predicted molar refractivity (Wildman–Crippen MR) is 99.6 cm³/mol. The molecule has 0 saturated carbocycles. The molecule has 1 N–H and O–H groups in total. The Morgan fingerprint density at radius 3 is 2.41 bits per heavy atom. The lowest BCUT2D eigenvalue weighted by Crippen LogP contribution is -2.45. The molecule has 4 rings (SSSR count). The van der Waals surface area contributed by atoms with Gasteiger partial charge in [0.15, 0.2) is 5.75 Å². The van der Waals surface area contributed by atoms with Crippen LogP contribution in [0.4, 0.5) is 4.39 Å². The molecule has 3 amide bonds. The van der Waals surface area contributed by atoms with Gasteiger partial charge in [-0.1, -0.05) is 17.7 Å². The van der Waals surface area contributed by atoms with Gasteiger partial charge in [0.05, 0.1) is 17.1 Å². The normalized spacial score (nSPS) is 15.8. The van der Waals surface area contributed by atoms with Crippen LogP contribution in [0.5, 0.6) is 5.75 Å². The number of amides is 3. The van der Waals surface area contributed by atoms with Crippen LogP contribution in [0.1, 0.15) is 43.7 Å². The monoisotopic (exact) mass is 419 g/mol. The van der Waals surface area contributed by atoms with Gasteiger partial charge in [-0.05, 0) is 24.6 Å². The van der Waals surface area contributed by atoms with Crippen molar-refractivity contribution in [3.8, 4) is 5.75 Å². The van der Waals surface area contributed by atoms with Crippen molar-refractivity contribution in [2.45, 2.75) is 20.0 Å². The minimum Gasteiger partial charge on any atom is -0.502 e. The summed E-state index contributed by atoms with van der Waals surface area (Å²) in [4.78, 5) is 53.5. The minimum atomic E-state index is -0.898. The first kappa shape index (κ1) is 19.1. The summed E-state index contributed by atoms with van der Waals surface area (Å²) in [5.41, 5.74) is -1.49. The summed E-state index contributed by atoms with van der Waals surface area (Å²) >= 11 is 5.75. The number of fused-ring (bicyclic) bond motifs is 3. The number of carbonyl (C=O) groups is 3. The molecule has 29 heavy (non-hydrogen) atoms. The van der Waals surface area contributed by atoms with E-state index in [1.165, 1.54) is 17.0 Å². The molecule has 0 bridgehead atoms. The number of carbonyl (C=O) groups excluding carboxylic acids is 3. The number of aromatic hydroxyl groups is 1. The molecular formula is C19H15ClFN3O5. The highest BCUT2D eigenvalue weighted by molar-refractivity contribution is 6.30. The maximum Gasteiger partial charge on any atom is 0.294 e. The summed E-state index contributed by atoms with van der Waals surface area (Å²) in [5.74, 6) is -3.78. The fraction of sp³-hybridized carbons (Fsp3) is 0.263. The van der Waals surface area contributed by atoms with Gasteiger partial charge in [0, 0.05) is 19.6 Å². The standard InChI is InChI=1S/C19H15ClFN3O5/c1-2-22-5-6-23-14(18(22)28)12-13(15(25)19(23)29)17(27)24(16(12)26)8-9-3-4-11(21)10(20)7-9/h3-4,7,25H,2,5-6,8H2,1H3. The first-order valence-corrected chi connectivity index (χ1v) is 9.23. The van der Waals surface area contributed by atoms with Crippen molar-refractivity contribution < 1.29 is 23.9 Å². The molecule has 0 unspecified atom stereocenters. The second kappa shape index (κ2) is 6.70. The molecule has 0 aliphatic carbocycles. The number of likely N-dealkylation sites (N-methyl/N-ethyl adjacent to an activating group) is 1. The molecule has 1 aromatic heterocycles. The Balaban J connectivity index is 1.84. The number of pyridine rings is 1. The maximum absolute atomic E-state index is 13.4. The zero-order valence-corrected chi connectivity index (χ0v) is 16.0. The van der Waals surface area contributed by atoms with E-state index in [4.69, 9.17) is 11.6 Å². The Hall–Kier alpha value is -3.20. The Bertz CT molecular complexity index is 1160. The van der Waals surface area contributed by atoms with Crippen LogP contribution < -0.4 is 5.56 Å². The average Bonchev–Trinajstić information content (AvgIpc) is 2.93. The van der Waals surface area contributed by atoms with E-state index in [1.54, 1.807) is 6.92 Å². The molecule has 0 fully saturated rings. The Morgan fingerprint density at radius 1 is 1.07 bits per heavy atom. The molecule has 10 heteroatoms. The van der Waals surface area contributed by atoms with E-state index in [-0.39, 0.29) is 35.9 Å². The van der Waals surface area contributed by atoms with E-state index in [2.05, 4.69) is 0 Å². The number of nitrogens with zero attached hydrogens (tertiary/aromatic N) is 3. The lowest BCUT2D eigenvalue weighted by molar-refractivity contribution is 0.0629. The SMILES string of the molecule is CCN1CCn2c(c3c(c(O)c2=O)C(=O)N(Cc2ccc(F)c(Cl)c2)C3=O)C1=O. The molecule has 150 valence electrons. The maximum atomic E-state index is 13.4. The van der Waals surface area contributed by atoms with Gasteiger partial charge in [0.2, 0.25) is 0 Å². The molecule has 3 heterocycles. The number of imide groups is 1. The fourth-order valence-electron chi connectivity index (χ4n) is 3.66. The van der Waals surface area contributed by atoms with Crippen LogP contribution in [0, 0.1) is 5.82 Å². The van der Waals surface area contributed by atoms with Gasteiger partial charge >= 0.3 is 0 Å². The van der Waals surface area contributed by atoms with Gasteiger partial charge < -0.3 is 10.0 Å². The Kier molecular flexibility index (Phi) is 4.42. The van der Waals surface area contributed by atoms with Crippen molar-refractivity contribution in [3.63, 3.8) is 0 Å². The van der Waals surface area contributed by atoms with E-state index in [9.17, 15) is 28.7 Å². The number of halogens is 2. The zero-order valence-electron chi connectivity index (χ0n) is 15.2. The third-order valence-corrected chi connectivity index (χ3v) is 5.44. The van der Waals surface area contributed by atoms with Crippen LogP contribution in [-0.4, -0.2) is 50.3 Å². The summed E-state index contributed by atoms with van der Waals surface area (Å²) in [6.07, 6.45) is 0. The van der Waals surface area contributed by atoms with Crippen molar-refractivity contribution in [1.82, 2.24) is 14.4 Å². The van der Waals surface area contributed by atoms with Crippen LogP contribution in [0.15, 0.2) is 23.0 Å². The van der Waals surface area contributed by atoms with Crippen LogP contribution in [0.3, 0.4) is 0 Å². The van der Waals surface area contributed by atoms with Crippen molar-refractivity contribution >= 4 is 29.3 Å². The molecule has 0 saturated heterocycles. The highest BCUT2D eigenvalue weighted by Crippen LogP contribution is 2.33. The topological polar surface area (TPSA) is 99.9 Å². The summed E-state index contributed by atoms with van der Waals surface area (Å²) in [6.45, 7) is 2.21. The van der Waals surface area contributed by atoms with Gasteiger partial charge in [-0.15, -0.1) is 0 Å². The highest BCUT2D eigenvalue weighted by atomic mass is 35.5. The summed E-state index contributed by atoms with van der Waals surface area (Å²) in [5, 5.41) is 10.1. The van der Waals surface area contributed by atoms with E-state index in [0.717, 1.165) is 15.5 Å². The zero-order chi connectivity index (χ0) is 21.0. The fourth-order valence-corrected chi connectivity index (χ4v) is 3.86. The third-order valence-electron chi connectivity index (χ3n) is 5.15. The van der Waals surface area contributed by atoms with Gasteiger partial charge in [0.1, 0.15) is 17.1 Å². The molecule has 2 aliphatic rings. The largest absolute Gasteiger partial charge is 0.502 e. The van der Waals surface area contributed by atoms with Crippen LogP contribution in [0.25, 0.3) is 0 Å². The van der Waals surface area contributed by atoms with Crippen LogP contribution in [-0.2, 0) is 13.1 Å². The highest BCUT2D eigenvalue weighted by Gasteiger charge is 2.45. The average molecular weight is 420 g/mol. The number of hydrogen-bond donors (Lipinski definition) is 1. The molecule has 8 nitrogen and oxygen atoms in total. The van der Waals surface area contributed by atoms with Gasteiger partial charge in [-0.25, -0.2) is 4.39 Å².